The average molecular weight is 355 g/mol. The Morgan fingerprint density at radius 1 is 1.12 bits per heavy atom. The van der Waals surface area contributed by atoms with E-state index in [1.807, 2.05) is 0 Å². The van der Waals surface area contributed by atoms with Crippen LogP contribution in [0.4, 0.5) is 8.78 Å². The van der Waals surface area contributed by atoms with Crippen LogP contribution in [0, 0.1) is 11.6 Å². The van der Waals surface area contributed by atoms with Crippen molar-refractivity contribution in [2.45, 2.75) is 18.9 Å². The molecule has 1 aromatic heterocycles. The summed E-state index contributed by atoms with van der Waals surface area (Å²) < 4.78 is 31.8. The van der Waals surface area contributed by atoms with Crippen molar-refractivity contribution in [3.63, 3.8) is 0 Å². The van der Waals surface area contributed by atoms with Gasteiger partial charge >= 0.3 is 0 Å². The van der Waals surface area contributed by atoms with Crippen molar-refractivity contribution in [3.05, 3.63) is 71.6 Å². The molecule has 0 radical (unpaired) electrons. The summed E-state index contributed by atoms with van der Waals surface area (Å²) in [6.45, 7) is 0.554. The lowest BCUT2D eigenvalue weighted by atomic mass is 10.1. The summed E-state index contributed by atoms with van der Waals surface area (Å²) >= 11 is 0. The highest BCUT2D eigenvalue weighted by molar-refractivity contribution is 5.94. The summed E-state index contributed by atoms with van der Waals surface area (Å²) in [7, 11) is 0. The number of amides is 1. The summed E-state index contributed by atoms with van der Waals surface area (Å²) in [5, 5.41) is 3.91. The predicted octanol–water partition coefficient (Wildman–Crippen LogP) is 3.99. The van der Waals surface area contributed by atoms with Crippen molar-refractivity contribution < 1.29 is 18.1 Å². The molecule has 2 aromatic carbocycles. The normalized spacial score (nSPS) is 16.8. The van der Waals surface area contributed by atoms with Crippen LogP contribution < -0.4 is 0 Å². The number of hydrogen-bond donors (Lipinski definition) is 0. The molecule has 0 saturated carbocycles. The Hall–Kier alpha value is -3.09. The smallest absolute Gasteiger partial charge is 0.254 e. The third-order valence-electron chi connectivity index (χ3n) is 4.41. The number of aromatic nitrogens is 2. The van der Waals surface area contributed by atoms with Crippen molar-refractivity contribution in [2.75, 3.05) is 6.54 Å². The Balaban J connectivity index is 1.59. The van der Waals surface area contributed by atoms with Gasteiger partial charge in [-0.15, -0.1) is 0 Å². The van der Waals surface area contributed by atoms with Crippen molar-refractivity contribution in [1.29, 1.82) is 0 Å². The fraction of sp³-hybridized carbons (Fsp3) is 0.211. The van der Waals surface area contributed by atoms with E-state index in [2.05, 4.69) is 10.1 Å². The standard InChI is InChI=1S/C19H15F2N3O2/c20-14-8-6-12(7-9-14)19(25)24-10-2-5-16(24)18-22-17(23-26-18)13-3-1-4-15(21)11-13/h1,3-4,6-9,11,16H,2,5,10H2. The van der Waals surface area contributed by atoms with Crippen LogP contribution in [-0.2, 0) is 0 Å². The number of hydrogen-bond acceptors (Lipinski definition) is 4. The lowest BCUT2D eigenvalue weighted by molar-refractivity contribution is 0.0710. The monoisotopic (exact) mass is 355 g/mol. The molecule has 1 amide bonds. The molecule has 0 aliphatic carbocycles. The quantitative estimate of drug-likeness (QED) is 0.713. The minimum atomic E-state index is -0.392. The number of nitrogens with zero attached hydrogens (tertiary/aromatic N) is 3. The second-order valence-electron chi connectivity index (χ2n) is 6.13. The molecule has 1 saturated heterocycles. The molecule has 132 valence electrons. The molecule has 5 nitrogen and oxygen atoms in total. The van der Waals surface area contributed by atoms with Gasteiger partial charge in [-0.1, -0.05) is 17.3 Å². The fourth-order valence-corrected chi connectivity index (χ4v) is 3.14. The van der Waals surface area contributed by atoms with Crippen molar-refractivity contribution in [1.82, 2.24) is 15.0 Å². The van der Waals surface area contributed by atoms with E-state index in [1.54, 1.807) is 17.0 Å². The Morgan fingerprint density at radius 3 is 2.69 bits per heavy atom. The van der Waals surface area contributed by atoms with Crippen molar-refractivity contribution >= 4 is 5.91 Å². The van der Waals surface area contributed by atoms with Gasteiger partial charge in [0.25, 0.3) is 5.91 Å². The second kappa shape index (κ2) is 6.67. The Labute approximate surface area is 148 Å². The van der Waals surface area contributed by atoms with Gasteiger partial charge < -0.3 is 9.42 Å². The Kier molecular flexibility index (Phi) is 4.20. The van der Waals surface area contributed by atoms with E-state index in [0.29, 0.717) is 30.0 Å². The van der Waals surface area contributed by atoms with E-state index in [4.69, 9.17) is 4.52 Å². The highest BCUT2D eigenvalue weighted by Gasteiger charge is 2.34. The minimum absolute atomic E-state index is 0.210. The van der Waals surface area contributed by atoms with Crippen LogP contribution >= 0.6 is 0 Å². The maximum Gasteiger partial charge on any atom is 0.254 e. The molecule has 4 rings (SSSR count). The van der Waals surface area contributed by atoms with E-state index in [1.165, 1.54) is 36.4 Å². The molecular weight excluding hydrogens is 340 g/mol. The third-order valence-corrected chi connectivity index (χ3v) is 4.41. The van der Waals surface area contributed by atoms with Gasteiger partial charge in [0.05, 0.1) is 0 Å². The molecule has 1 atom stereocenters. The molecule has 0 spiro atoms. The summed E-state index contributed by atoms with van der Waals surface area (Å²) in [5.41, 5.74) is 0.914. The third kappa shape index (κ3) is 3.08. The van der Waals surface area contributed by atoms with Crippen molar-refractivity contribution in [3.8, 4) is 11.4 Å². The number of carbonyl (C=O) groups is 1. The number of carbonyl (C=O) groups excluding carboxylic acids is 1. The first kappa shape index (κ1) is 16.4. The van der Waals surface area contributed by atoms with Crippen LogP contribution in [0.3, 0.4) is 0 Å². The van der Waals surface area contributed by atoms with Gasteiger partial charge in [0, 0.05) is 17.7 Å². The van der Waals surface area contributed by atoms with E-state index < -0.39 is 5.82 Å². The summed E-state index contributed by atoms with van der Waals surface area (Å²) in [6.07, 6.45) is 1.49. The first-order chi connectivity index (χ1) is 12.6. The maximum atomic E-state index is 13.4. The van der Waals surface area contributed by atoms with Gasteiger partial charge in [0.1, 0.15) is 17.7 Å². The van der Waals surface area contributed by atoms with Gasteiger partial charge in [0.2, 0.25) is 11.7 Å². The molecular formula is C19H15F2N3O2. The van der Waals surface area contributed by atoms with E-state index in [0.717, 1.165) is 6.42 Å². The molecule has 1 aliphatic heterocycles. The highest BCUT2D eigenvalue weighted by atomic mass is 19.1. The van der Waals surface area contributed by atoms with E-state index in [9.17, 15) is 13.6 Å². The molecule has 7 heteroatoms. The van der Waals surface area contributed by atoms with Crippen LogP contribution in [0.2, 0.25) is 0 Å². The number of benzene rings is 2. The molecule has 1 unspecified atom stereocenters. The largest absolute Gasteiger partial charge is 0.337 e. The van der Waals surface area contributed by atoms with Gasteiger partial charge in [0.15, 0.2) is 0 Å². The molecule has 0 N–H and O–H groups in total. The SMILES string of the molecule is O=C(c1ccc(F)cc1)N1CCCC1c1nc(-c2cccc(F)c2)no1. The molecule has 26 heavy (non-hydrogen) atoms. The van der Waals surface area contributed by atoms with Crippen LogP contribution in [0.5, 0.6) is 0 Å². The molecule has 1 aliphatic rings. The summed E-state index contributed by atoms with van der Waals surface area (Å²) in [6, 6.07) is 11.0. The van der Waals surface area contributed by atoms with E-state index >= 15 is 0 Å². The topological polar surface area (TPSA) is 59.2 Å². The van der Waals surface area contributed by atoms with Gasteiger partial charge in [-0.05, 0) is 49.2 Å². The predicted molar refractivity (Wildman–Crippen MR) is 89.1 cm³/mol. The number of halogens is 2. The summed E-state index contributed by atoms with van der Waals surface area (Å²) in [5.74, 6) is -0.394. The lowest BCUT2D eigenvalue weighted by Crippen LogP contribution is -2.30. The fourth-order valence-electron chi connectivity index (χ4n) is 3.14. The second-order valence-corrected chi connectivity index (χ2v) is 6.13. The van der Waals surface area contributed by atoms with Crippen LogP contribution in [0.1, 0.15) is 35.1 Å². The number of rotatable bonds is 3. The molecule has 0 bridgehead atoms. The van der Waals surface area contributed by atoms with Gasteiger partial charge in [-0.3, -0.25) is 4.79 Å². The molecule has 1 fully saturated rings. The lowest BCUT2D eigenvalue weighted by Gasteiger charge is -2.21. The zero-order valence-electron chi connectivity index (χ0n) is 13.7. The van der Waals surface area contributed by atoms with E-state index in [-0.39, 0.29) is 23.6 Å². The molecule has 3 aromatic rings. The van der Waals surface area contributed by atoms with Crippen LogP contribution in [-0.4, -0.2) is 27.5 Å². The summed E-state index contributed by atoms with van der Waals surface area (Å²) in [4.78, 5) is 18.7. The first-order valence-corrected chi connectivity index (χ1v) is 8.28. The average Bonchev–Trinajstić information content (AvgIpc) is 3.31. The maximum absolute atomic E-state index is 13.4. The van der Waals surface area contributed by atoms with Crippen LogP contribution in [0.15, 0.2) is 53.1 Å². The first-order valence-electron chi connectivity index (χ1n) is 8.28. The molecule has 2 heterocycles. The van der Waals surface area contributed by atoms with Crippen molar-refractivity contribution in [2.24, 2.45) is 0 Å². The van der Waals surface area contributed by atoms with Crippen LogP contribution in [0.25, 0.3) is 11.4 Å². The van der Waals surface area contributed by atoms with Gasteiger partial charge in [-0.25, -0.2) is 8.78 Å². The zero-order chi connectivity index (χ0) is 18.1. The number of likely N-dealkylation sites (tertiary alicyclic amines) is 1. The Bertz CT molecular complexity index is 940. The Morgan fingerprint density at radius 2 is 1.92 bits per heavy atom. The van der Waals surface area contributed by atoms with Gasteiger partial charge in [-0.2, -0.15) is 4.98 Å². The minimum Gasteiger partial charge on any atom is -0.337 e. The highest BCUT2D eigenvalue weighted by Crippen LogP contribution is 2.33. The zero-order valence-corrected chi connectivity index (χ0v) is 13.7.